The number of ether oxygens (including phenoxy) is 1. The summed E-state index contributed by atoms with van der Waals surface area (Å²) in [6, 6.07) is 3.22. The van der Waals surface area contributed by atoms with Crippen molar-refractivity contribution >= 4 is 33.3 Å². The number of nitro groups is 1. The molecule has 116 valence electrons. The second-order valence-corrected chi connectivity index (χ2v) is 5.73. The van der Waals surface area contributed by atoms with E-state index in [-0.39, 0.29) is 24.2 Å². The number of hydrogen-bond donors (Lipinski definition) is 0. The molecule has 1 aromatic rings. The third-order valence-corrected chi connectivity index (χ3v) is 3.63. The third-order valence-electron chi connectivity index (χ3n) is 3.00. The van der Waals surface area contributed by atoms with Crippen molar-refractivity contribution in [3.8, 4) is 0 Å². The van der Waals surface area contributed by atoms with Crippen LogP contribution in [0.3, 0.4) is 0 Å². The Labute approximate surface area is 132 Å². The van der Waals surface area contributed by atoms with Crippen molar-refractivity contribution in [2.75, 3.05) is 18.1 Å². The molecule has 0 fully saturated rings. The molecule has 0 spiro atoms. The molecule has 0 amide bonds. The average Bonchev–Trinajstić information content (AvgIpc) is 2.38. The van der Waals surface area contributed by atoms with Gasteiger partial charge in [0, 0.05) is 22.1 Å². The molecule has 0 radical (unpaired) electrons. The summed E-state index contributed by atoms with van der Waals surface area (Å²) in [5.74, 6) is -0.325. The molecule has 0 aliphatic rings. The Morgan fingerprint density at radius 2 is 2.10 bits per heavy atom. The summed E-state index contributed by atoms with van der Waals surface area (Å²) in [5.41, 5.74) is 1.33. The number of carbonyl (C=O) groups excluding carboxylic acids is 1. The van der Waals surface area contributed by atoms with E-state index in [1.165, 1.54) is 6.07 Å². The standard InChI is InChI=1S/C14H19BrN2O4/c1-5-21-14(18)8-16(9(2)3)13-6-10(4)12(17(19)20)7-11(13)15/h6-7,9H,5,8H2,1-4H3. The summed E-state index contributed by atoms with van der Waals surface area (Å²) >= 11 is 3.35. The number of rotatable bonds is 6. The first-order valence-electron chi connectivity index (χ1n) is 6.64. The summed E-state index contributed by atoms with van der Waals surface area (Å²) < 4.78 is 5.55. The molecule has 0 heterocycles. The van der Waals surface area contributed by atoms with E-state index >= 15 is 0 Å². The Kier molecular flexibility index (Phi) is 6.14. The van der Waals surface area contributed by atoms with E-state index in [1.54, 1.807) is 19.9 Å². The fraction of sp³-hybridized carbons (Fsp3) is 0.500. The number of aryl methyl sites for hydroxylation is 1. The van der Waals surface area contributed by atoms with Crippen molar-refractivity contribution in [2.24, 2.45) is 0 Å². The lowest BCUT2D eigenvalue weighted by Gasteiger charge is -2.29. The molecule has 0 atom stereocenters. The van der Waals surface area contributed by atoms with Crippen LogP contribution in [0, 0.1) is 17.0 Å². The van der Waals surface area contributed by atoms with E-state index in [9.17, 15) is 14.9 Å². The van der Waals surface area contributed by atoms with Crippen LogP contribution in [-0.4, -0.2) is 30.1 Å². The maximum atomic E-state index is 11.7. The van der Waals surface area contributed by atoms with E-state index < -0.39 is 4.92 Å². The second kappa shape index (κ2) is 7.40. The molecule has 0 bridgehead atoms. The minimum Gasteiger partial charge on any atom is -0.465 e. The van der Waals surface area contributed by atoms with Gasteiger partial charge in [0.1, 0.15) is 6.54 Å². The number of carbonyl (C=O) groups is 1. The molecule has 0 aliphatic carbocycles. The van der Waals surface area contributed by atoms with Gasteiger partial charge in [0.2, 0.25) is 0 Å². The Bertz CT molecular complexity index is 546. The molecule has 7 heteroatoms. The van der Waals surface area contributed by atoms with Crippen molar-refractivity contribution in [3.63, 3.8) is 0 Å². The topological polar surface area (TPSA) is 72.7 Å². The number of anilines is 1. The Morgan fingerprint density at radius 1 is 1.48 bits per heavy atom. The number of nitro benzene ring substituents is 1. The average molecular weight is 359 g/mol. The number of halogens is 1. The minimum absolute atomic E-state index is 0.0467. The molecule has 1 aromatic carbocycles. The molecule has 0 unspecified atom stereocenters. The summed E-state index contributed by atoms with van der Waals surface area (Å²) in [6.07, 6.45) is 0. The SMILES string of the molecule is CCOC(=O)CN(c1cc(C)c([N+](=O)[O-])cc1Br)C(C)C. The predicted molar refractivity (Wildman–Crippen MR) is 84.6 cm³/mol. The smallest absolute Gasteiger partial charge is 0.325 e. The quantitative estimate of drug-likeness (QED) is 0.442. The highest BCUT2D eigenvalue weighted by molar-refractivity contribution is 9.10. The number of hydrogen-bond acceptors (Lipinski definition) is 5. The monoisotopic (exact) mass is 358 g/mol. The molecule has 0 aromatic heterocycles. The Balaban J connectivity index is 3.17. The zero-order chi connectivity index (χ0) is 16.2. The molecule has 0 saturated carbocycles. The van der Waals surface area contributed by atoms with E-state index in [1.807, 2.05) is 18.7 Å². The van der Waals surface area contributed by atoms with Crippen molar-refractivity contribution in [3.05, 3.63) is 32.3 Å². The summed E-state index contributed by atoms with van der Waals surface area (Å²) in [6.45, 7) is 7.75. The highest BCUT2D eigenvalue weighted by atomic mass is 79.9. The van der Waals surface area contributed by atoms with Crippen LogP contribution < -0.4 is 4.90 Å². The van der Waals surface area contributed by atoms with E-state index in [4.69, 9.17) is 4.74 Å². The van der Waals surface area contributed by atoms with Crippen LogP contribution in [0.4, 0.5) is 11.4 Å². The van der Waals surface area contributed by atoms with Gasteiger partial charge in [-0.25, -0.2) is 0 Å². The molecule has 21 heavy (non-hydrogen) atoms. The fourth-order valence-corrected chi connectivity index (χ4v) is 2.52. The van der Waals surface area contributed by atoms with Gasteiger partial charge in [0.25, 0.3) is 5.69 Å². The third kappa shape index (κ3) is 4.42. The van der Waals surface area contributed by atoms with E-state index in [0.717, 1.165) is 5.69 Å². The van der Waals surface area contributed by atoms with Crippen LogP contribution in [0.1, 0.15) is 26.3 Å². The van der Waals surface area contributed by atoms with Crippen molar-refractivity contribution in [1.29, 1.82) is 0 Å². The maximum Gasteiger partial charge on any atom is 0.325 e. The van der Waals surface area contributed by atoms with Gasteiger partial charge in [-0.1, -0.05) is 0 Å². The Morgan fingerprint density at radius 3 is 2.57 bits per heavy atom. The first kappa shape index (κ1) is 17.4. The highest BCUT2D eigenvalue weighted by Crippen LogP contribution is 2.34. The summed E-state index contributed by atoms with van der Waals surface area (Å²) in [5, 5.41) is 10.9. The largest absolute Gasteiger partial charge is 0.465 e. The zero-order valence-electron chi connectivity index (χ0n) is 12.6. The van der Waals surface area contributed by atoms with Gasteiger partial charge < -0.3 is 9.64 Å². The molecule has 0 saturated heterocycles. The first-order chi connectivity index (χ1) is 9.77. The van der Waals surface area contributed by atoms with Gasteiger partial charge in [-0.2, -0.15) is 0 Å². The highest BCUT2D eigenvalue weighted by Gasteiger charge is 2.21. The lowest BCUT2D eigenvalue weighted by molar-refractivity contribution is -0.385. The van der Waals surface area contributed by atoms with Crippen molar-refractivity contribution in [2.45, 2.75) is 33.7 Å². The van der Waals surface area contributed by atoms with Crippen LogP contribution >= 0.6 is 15.9 Å². The van der Waals surface area contributed by atoms with Gasteiger partial charge in [0.15, 0.2) is 0 Å². The fourth-order valence-electron chi connectivity index (χ4n) is 1.96. The number of benzene rings is 1. The van der Waals surface area contributed by atoms with Gasteiger partial charge in [-0.05, 0) is 49.7 Å². The molecule has 0 aliphatic heterocycles. The lowest BCUT2D eigenvalue weighted by atomic mass is 10.1. The van der Waals surface area contributed by atoms with Crippen LogP contribution in [-0.2, 0) is 9.53 Å². The number of esters is 1. The summed E-state index contributed by atoms with van der Waals surface area (Å²) in [7, 11) is 0. The molecule has 0 N–H and O–H groups in total. The minimum atomic E-state index is -0.422. The predicted octanol–water partition coefficient (Wildman–Crippen LogP) is 3.44. The number of nitrogens with zero attached hydrogens (tertiary/aromatic N) is 2. The maximum absolute atomic E-state index is 11.7. The van der Waals surface area contributed by atoms with Gasteiger partial charge in [-0.15, -0.1) is 0 Å². The molecule has 1 rings (SSSR count). The van der Waals surface area contributed by atoms with Crippen LogP contribution in [0.15, 0.2) is 16.6 Å². The summed E-state index contributed by atoms with van der Waals surface area (Å²) in [4.78, 5) is 24.1. The van der Waals surface area contributed by atoms with E-state index in [2.05, 4.69) is 15.9 Å². The molecular formula is C14H19BrN2O4. The first-order valence-corrected chi connectivity index (χ1v) is 7.44. The molecule has 6 nitrogen and oxygen atoms in total. The van der Waals surface area contributed by atoms with Crippen LogP contribution in [0.2, 0.25) is 0 Å². The Hall–Kier alpha value is -1.63. The van der Waals surface area contributed by atoms with Gasteiger partial charge in [0.05, 0.1) is 17.2 Å². The normalized spacial score (nSPS) is 10.6. The van der Waals surface area contributed by atoms with Crippen molar-refractivity contribution in [1.82, 2.24) is 0 Å². The lowest BCUT2D eigenvalue weighted by Crippen LogP contribution is -2.36. The van der Waals surface area contributed by atoms with Crippen LogP contribution in [0.25, 0.3) is 0 Å². The second-order valence-electron chi connectivity index (χ2n) is 4.87. The van der Waals surface area contributed by atoms with Crippen LogP contribution in [0.5, 0.6) is 0 Å². The van der Waals surface area contributed by atoms with E-state index in [0.29, 0.717) is 16.6 Å². The van der Waals surface area contributed by atoms with Gasteiger partial charge >= 0.3 is 5.97 Å². The van der Waals surface area contributed by atoms with Gasteiger partial charge in [-0.3, -0.25) is 14.9 Å². The molecular weight excluding hydrogens is 340 g/mol. The van der Waals surface area contributed by atoms with Crippen molar-refractivity contribution < 1.29 is 14.5 Å². The zero-order valence-corrected chi connectivity index (χ0v) is 14.1.